The summed E-state index contributed by atoms with van der Waals surface area (Å²) in [5.74, 6) is 2.22. The number of nitrogens with one attached hydrogen (secondary N) is 1. The van der Waals surface area contributed by atoms with Crippen molar-refractivity contribution in [3.05, 3.63) is 23.7 Å². The number of aryl methyl sites for hydroxylation is 1. The molecule has 90 valence electrons. The van der Waals surface area contributed by atoms with Crippen LogP contribution in [0.5, 0.6) is 0 Å². The highest BCUT2D eigenvalue weighted by Gasteiger charge is 2.26. The van der Waals surface area contributed by atoms with E-state index in [2.05, 4.69) is 38.2 Å². The molecule has 0 unspecified atom stereocenters. The van der Waals surface area contributed by atoms with Crippen molar-refractivity contribution in [3.63, 3.8) is 0 Å². The third kappa shape index (κ3) is 2.88. The largest absolute Gasteiger partial charge is 0.466 e. The molecule has 2 nitrogen and oxygen atoms in total. The zero-order valence-electron chi connectivity index (χ0n) is 10.7. The minimum absolute atomic E-state index is 0.148. The molecule has 0 bridgehead atoms. The maximum absolute atomic E-state index is 5.84. The van der Waals surface area contributed by atoms with Crippen molar-refractivity contribution < 1.29 is 4.42 Å². The quantitative estimate of drug-likeness (QED) is 0.797. The molecule has 1 saturated carbocycles. The highest BCUT2D eigenvalue weighted by atomic mass is 16.3. The summed E-state index contributed by atoms with van der Waals surface area (Å²) in [5.41, 5.74) is 0.148. The molecule has 1 fully saturated rings. The van der Waals surface area contributed by atoms with E-state index >= 15 is 0 Å². The summed E-state index contributed by atoms with van der Waals surface area (Å²) in [4.78, 5) is 0. The summed E-state index contributed by atoms with van der Waals surface area (Å²) < 4.78 is 5.84. The second-order valence-corrected chi connectivity index (χ2v) is 5.48. The van der Waals surface area contributed by atoms with Gasteiger partial charge in [-0.1, -0.05) is 20.8 Å². The second kappa shape index (κ2) is 4.62. The average molecular weight is 221 g/mol. The van der Waals surface area contributed by atoms with Crippen molar-refractivity contribution in [1.82, 2.24) is 5.32 Å². The Morgan fingerprint density at radius 3 is 2.69 bits per heavy atom. The van der Waals surface area contributed by atoms with E-state index in [1.165, 1.54) is 12.8 Å². The zero-order valence-corrected chi connectivity index (χ0v) is 10.7. The van der Waals surface area contributed by atoms with Gasteiger partial charge in [0.1, 0.15) is 11.5 Å². The van der Waals surface area contributed by atoms with Crippen LogP contribution in [0, 0.1) is 0 Å². The van der Waals surface area contributed by atoms with Crippen molar-refractivity contribution in [2.24, 2.45) is 0 Å². The summed E-state index contributed by atoms with van der Waals surface area (Å²) in [5, 5.41) is 3.56. The van der Waals surface area contributed by atoms with Crippen LogP contribution in [-0.4, -0.2) is 12.6 Å². The molecule has 1 aliphatic carbocycles. The number of rotatable bonds is 6. The predicted octanol–water partition coefficient (Wildman–Crippen LogP) is 3.26. The average Bonchev–Trinajstić information content (AvgIpc) is 2.93. The third-order valence-corrected chi connectivity index (χ3v) is 3.44. The summed E-state index contributed by atoms with van der Waals surface area (Å²) >= 11 is 0. The van der Waals surface area contributed by atoms with Crippen LogP contribution >= 0.6 is 0 Å². The van der Waals surface area contributed by atoms with Gasteiger partial charge in [0.25, 0.3) is 0 Å². The van der Waals surface area contributed by atoms with Crippen molar-refractivity contribution in [2.75, 3.05) is 6.54 Å². The van der Waals surface area contributed by atoms with Gasteiger partial charge < -0.3 is 9.73 Å². The molecule has 0 aromatic carbocycles. The Kier molecular flexibility index (Phi) is 3.38. The van der Waals surface area contributed by atoms with Crippen LogP contribution in [0.4, 0.5) is 0 Å². The lowest BCUT2D eigenvalue weighted by molar-refractivity contribution is 0.345. The van der Waals surface area contributed by atoms with Gasteiger partial charge in [-0.25, -0.2) is 0 Å². The Morgan fingerprint density at radius 2 is 2.12 bits per heavy atom. The van der Waals surface area contributed by atoms with Crippen molar-refractivity contribution in [1.29, 1.82) is 0 Å². The Hall–Kier alpha value is -0.760. The number of hydrogen-bond donors (Lipinski definition) is 1. The molecule has 0 amide bonds. The molecule has 0 spiro atoms. The van der Waals surface area contributed by atoms with Crippen LogP contribution in [0.1, 0.15) is 51.6 Å². The minimum atomic E-state index is 0.148. The molecule has 16 heavy (non-hydrogen) atoms. The highest BCUT2D eigenvalue weighted by Crippen LogP contribution is 2.29. The van der Waals surface area contributed by atoms with Crippen molar-refractivity contribution >= 4 is 0 Å². The molecule has 0 saturated heterocycles. The monoisotopic (exact) mass is 221 g/mol. The summed E-state index contributed by atoms with van der Waals surface area (Å²) in [6.45, 7) is 7.75. The van der Waals surface area contributed by atoms with Gasteiger partial charge in [0, 0.05) is 17.9 Å². The van der Waals surface area contributed by atoms with Gasteiger partial charge in [-0.3, -0.25) is 0 Å². The van der Waals surface area contributed by atoms with E-state index in [1.807, 2.05) is 0 Å². The predicted molar refractivity (Wildman–Crippen MR) is 66.8 cm³/mol. The molecule has 0 aliphatic heterocycles. The van der Waals surface area contributed by atoms with Crippen LogP contribution in [-0.2, 0) is 11.8 Å². The summed E-state index contributed by atoms with van der Waals surface area (Å²) in [6, 6.07) is 5.04. The first-order valence-corrected chi connectivity index (χ1v) is 6.44. The third-order valence-electron chi connectivity index (χ3n) is 3.44. The van der Waals surface area contributed by atoms with Gasteiger partial charge in [-0.15, -0.1) is 0 Å². The molecule has 1 aromatic rings. The van der Waals surface area contributed by atoms with Gasteiger partial charge in [-0.05, 0) is 37.9 Å². The van der Waals surface area contributed by atoms with Crippen LogP contribution in [0.15, 0.2) is 16.5 Å². The van der Waals surface area contributed by atoms with Gasteiger partial charge in [-0.2, -0.15) is 0 Å². The molecule has 1 heterocycles. The molecular weight excluding hydrogens is 198 g/mol. The van der Waals surface area contributed by atoms with Crippen LogP contribution < -0.4 is 5.32 Å². The second-order valence-electron chi connectivity index (χ2n) is 5.48. The van der Waals surface area contributed by atoms with Crippen LogP contribution in [0.3, 0.4) is 0 Å². The number of furan rings is 1. The molecule has 0 radical (unpaired) electrons. The van der Waals surface area contributed by atoms with E-state index in [0.717, 1.165) is 36.9 Å². The molecule has 1 aliphatic rings. The lowest BCUT2D eigenvalue weighted by atomic mass is 9.86. The van der Waals surface area contributed by atoms with Gasteiger partial charge in [0.05, 0.1) is 0 Å². The van der Waals surface area contributed by atoms with E-state index in [0.29, 0.717) is 0 Å². The Morgan fingerprint density at radius 1 is 1.38 bits per heavy atom. The van der Waals surface area contributed by atoms with Crippen molar-refractivity contribution in [2.45, 2.75) is 57.9 Å². The van der Waals surface area contributed by atoms with Gasteiger partial charge >= 0.3 is 0 Å². The Bertz CT molecular complexity index is 336. The minimum Gasteiger partial charge on any atom is -0.466 e. The lowest BCUT2D eigenvalue weighted by Crippen LogP contribution is -2.26. The maximum atomic E-state index is 5.84. The maximum Gasteiger partial charge on any atom is 0.109 e. The summed E-state index contributed by atoms with van der Waals surface area (Å²) in [7, 11) is 0. The summed E-state index contributed by atoms with van der Waals surface area (Å²) in [6.07, 6.45) is 4.85. The van der Waals surface area contributed by atoms with E-state index in [4.69, 9.17) is 4.42 Å². The Labute approximate surface area is 98.4 Å². The molecular formula is C14H23NO. The van der Waals surface area contributed by atoms with Crippen molar-refractivity contribution in [3.8, 4) is 0 Å². The topological polar surface area (TPSA) is 25.2 Å². The molecule has 1 N–H and O–H groups in total. The van der Waals surface area contributed by atoms with Gasteiger partial charge in [0.15, 0.2) is 0 Å². The Balaban J connectivity index is 1.88. The standard InChI is InChI=1S/C14H23NO/c1-4-12-7-8-13(16-12)14(2,3)9-10-15-11-5-6-11/h7-8,11,15H,4-6,9-10H2,1-3H3. The fourth-order valence-corrected chi connectivity index (χ4v) is 1.93. The lowest BCUT2D eigenvalue weighted by Gasteiger charge is -2.22. The first-order chi connectivity index (χ1) is 7.62. The zero-order chi connectivity index (χ0) is 11.6. The SMILES string of the molecule is CCc1ccc(C(C)(C)CCNC2CC2)o1. The van der Waals surface area contributed by atoms with E-state index in [1.54, 1.807) is 0 Å². The fraction of sp³-hybridized carbons (Fsp3) is 0.714. The molecule has 2 rings (SSSR count). The van der Waals surface area contributed by atoms with E-state index < -0.39 is 0 Å². The molecule has 0 atom stereocenters. The molecule has 2 heteroatoms. The smallest absolute Gasteiger partial charge is 0.109 e. The molecule has 1 aromatic heterocycles. The van der Waals surface area contributed by atoms with Crippen LogP contribution in [0.25, 0.3) is 0 Å². The van der Waals surface area contributed by atoms with Crippen LogP contribution in [0.2, 0.25) is 0 Å². The van der Waals surface area contributed by atoms with E-state index in [9.17, 15) is 0 Å². The van der Waals surface area contributed by atoms with Gasteiger partial charge in [0.2, 0.25) is 0 Å². The number of hydrogen-bond acceptors (Lipinski definition) is 2. The highest BCUT2D eigenvalue weighted by molar-refractivity contribution is 5.15. The first kappa shape index (κ1) is 11.7. The van der Waals surface area contributed by atoms with E-state index in [-0.39, 0.29) is 5.41 Å². The fourth-order valence-electron chi connectivity index (χ4n) is 1.93. The first-order valence-electron chi connectivity index (χ1n) is 6.44. The normalized spacial score (nSPS) is 16.7.